The standard InChI is InChI=1S/C35H44N4O/c1-27-15-12-13-23-38(27)24-14-22-36-35(40)34-33(30-20-10-11-21-31(30)39(34)26-25-37(2)3)32(28-16-6-4-7-17-28)29-18-8-5-9-19-29/h4-11,16-21,27,32H,12-15,22-26H2,1-3H3,(H,36,40). The summed E-state index contributed by atoms with van der Waals surface area (Å²) in [5.41, 5.74) is 5.37. The number of likely N-dealkylation sites (N-methyl/N-ethyl adjacent to an activating group) is 1. The van der Waals surface area contributed by atoms with Gasteiger partial charge in [-0.3, -0.25) is 4.79 Å². The summed E-state index contributed by atoms with van der Waals surface area (Å²) in [6.45, 7) is 6.82. The van der Waals surface area contributed by atoms with Gasteiger partial charge < -0.3 is 19.7 Å². The summed E-state index contributed by atoms with van der Waals surface area (Å²) in [6, 6.07) is 30.4. The first-order valence-corrected chi connectivity index (χ1v) is 14.9. The van der Waals surface area contributed by atoms with Crippen molar-refractivity contribution in [2.45, 2.75) is 51.1 Å². The highest BCUT2D eigenvalue weighted by atomic mass is 16.1. The number of nitrogens with one attached hydrogen (secondary N) is 1. The van der Waals surface area contributed by atoms with E-state index in [1.807, 2.05) is 0 Å². The Balaban J connectivity index is 1.55. The van der Waals surface area contributed by atoms with Gasteiger partial charge in [0.15, 0.2) is 0 Å². The molecule has 40 heavy (non-hydrogen) atoms. The lowest BCUT2D eigenvalue weighted by Crippen LogP contribution is -2.39. The van der Waals surface area contributed by atoms with Gasteiger partial charge in [0.2, 0.25) is 0 Å². The molecular weight excluding hydrogens is 492 g/mol. The maximum Gasteiger partial charge on any atom is 0.268 e. The molecule has 1 aliphatic rings. The third kappa shape index (κ3) is 6.32. The molecule has 210 valence electrons. The van der Waals surface area contributed by atoms with Crippen molar-refractivity contribution in [2.24, 2.45) is 0 Å². The van der Waals surface area contributed by atoms with Crippen molar-refractivity contribution in [1.29, 1.82) is 0 Å². The smallest absolute Gasteiger partial charge is 0.268 e. The number of para-hydroxylation sites is 1. The second-order valence-corrected chi connectivity index (χ2v) is 11.5. The lowest BCUT2D eigenvalue weighted by molar-refractivity contribution is 0.0938. The fraction of sp³-hybridized carbons (Fsp3) is 0.400. The molecule has 1 unspecified atom stereocenters. The van der Waals surface area contributed by atoms with Gasteiger partial charge in [-0.1, -0.05) is 85.3 Å². The van der Waals surface area contributed by atoms with Gasteiger partial charge in [-0.2, -0.15) is 0 Å². The molecule has 0 bridgehead atoms. The lowest BCUT2D eigenvalue weighted by atomic mass is 9.83. The van der Waals surface area contributed by atoms with Crippen LogP contribution in [-0.2, 0) is 6.54 Å². The summed E-state index contributed by atoms with van der Waals surface area (Å²) in [5, 5.41) is 4.49. The van der Waals surface area contributed by atoms with E-state index in [4.69, 9.17) is 0 Å². The van der Waals surface area contributed by atoms with Crippen LogP contribution in [0.5, 0.6) is 0 Å². The molecule has 1 aromatic heterocycles. The molecule has 1 atom stereocenters. The van der Waals surface area contributed by atoms with Gasteiger partial charge >= 0.3 is 0 Å². The second kappa shape index (κ2) is 13.3. The van der Waals surface area contributed by atoms with E-state index in [1.165, 1.54) is 36.9 Å². The number of rotatable bonds is 11. The molecule has 1 N–H and O–H groups in total. The monoisotopic (exact) mass is 536 g/mol. The van der Waals surface area contributed by atoms with Crippen LogP contribution in [-0.4, -0.2) is 66.6 Å². The fourth-order valence-electron chi connectivity index (χ4n) is 6.27. The number of nitrogens with zero attached hydrogens (tertiary/aromatic N) is 3. The number of amides is 1. The quantitative estimate of drug-likeness (QED) is 0.226. The number of hydrogen-bond acceptors (Lipinski definition) is 3. The Bertz CT molecular complexity index is 1340. The molecule has 1 aliphatic heterocycles. The van der Waals surface area contributed by atoms with Crippen molar-refractivity contribution in [2.75, 3.05) is 40.3 Å². The second-order valence-electron chi connectivity index (χ2n) is 11.5. The Morgan fingerprint density at radius 1 is 0.900 bits per heavy atom. The zero-order valence-electron chi connectivity index (χ0n) is 24.4. The molecule has 1 fully saturated rings. The SMILES string of the molecule is CC1CCCCN1CCCNC(=O)c1c(C(c2ccccc2)c2ccccc2)c2ccccc2n1CCN(C)C. The minimum absolute atomic E-state index is 0.0218. The Hall–Kier alpha value is -3.41. The van der Waals surface area contributed by atoms with Crippen LogP contribution in [0.3, 0.4) is 0 Å². The normalized spacial score (nSPS) is 16.2. The zero-order valence-corrected chi connectivity index (χ0v) is 24.4. The molecule has 5 nitrogen and oxygen atoms in total. The molecule has 4 aromatic rings. The van der Waals surface area contributed by atoms with Crippen LogP contribution in [0.25, 0.3) is 10.9 Å². The van der Waals surface area contributed by atoms with Crippen molar-refractivity contribution in [3.05, 3.63) is 107 Å². The first-order valence-electron chi connectivity index (χ1n) is 14.9. The van der Waals surface area contributed by atoms with Crippen LogP contribution in [0.1, 0.15) is 65.7 Å². The van der Waals surface area contributed by atoms with Crippen molar-refractivity contribution in [3.8, 4) is 0 Å². The molecule has 5 heteroatoms. The van der Waals surface area contributed by atoms with Crippen LogP contribution in [0.2, 0.25) is 0 Å². The summed E-state index contributed by atoms with van der Waals surface area (Å²) in [4.78, 5) is 19.0. The molecular formula is C35H44N4O. The van der Waals surface area contributed by atoms with E-state index >= 15 is 0 Å². The number of aromatic nitrogens is 1. The number of likely N-dealkylation sites (tertiary alicyclic amines) is 1. The van der Waals surface area contributed by atoms with Gasteiger partial charge in [-0.05, 0) is 64.0 Å². The van der Waals surface area contributed by atoms with E-state index in [0.29, 0.717) is 12.6 Å². The minimum atomic E-state index is -0.0529. The minimum Gasteiger partial charge on any atom is -0.351 e. The van der Waals surface area contributed by atoms with E-state index in [-0.39, 0.29) is 11.8 Å². The molecule has 1 amide bonds. The van der Waals surface area contributed by atoms with Crippen LogP contribution >= 0.6 is 0 Å². The number of carbonyl (C=O) groups is 1. The number of hydrogen-bond donors (Lipinski definition) is 1. The van der Waals surface area contributed by atoms with Gasteiger partial charge in [0.05, 0.1) is 0 Å². The predicted octanol–water partition coefficient (Wildman–Crippen LogP) is 6.38. The third-order valence-electron chi connectivity index (χ3n) is 8.40. The zero-order chi connectivity index (χ0) is 27.9. The van der Waals surface area contributed by atoms with Crippen molar-refractivity contribution >= 4 is 16.8 Å². The molecule has 0 aliphatic carbocycles. The first kappa shape index (κ1) is 28.1. The molecule has 2 heterocycles. The van der Waals surface area contributed by atoms with E-state index in [2.05, 4.69) is 126 Å². The van der Waals surface area contributed by atoms with Crippen molar-refractivity contribution in [3.63, 3.8) is 0 Å². The Labute approximate surface area is 239 Å². The summed E-state index contributed by atoms with van der Waals surface area (Å²) >= 11 is 0. The van der Waals surface area contributed by atoms with E-state index < -0.39 is 0 Å². The van der Waals surface area contributed by atoms with Gasteiger partial charge in [-0.25, -0.2) is 0 Å². The van der Waals surface area contributed by atoms with E-state index in [0.717, 1.165) is 48.2 Å². The maximum atomic E-state index is 14.2. The molecule has 0 saturated carbocycles. The van der Waals surface area contributed by atoms with Gasteiger partial charge in [0.25, 0.3) is 5.91 Å². The van der Waals surface area contributed by atoms with Gasteiger partial charge in [0.1, 0.15) is 5.69 Å². The van der Waals surface area contributed by atoms with Crippen LogP contribution in [0, 0.1) is 0 Å². The molecule has 5 rings (SSSR count). The summed E-state index contributed by atoms with van der Waals surface area (Å²) < 4.78 is 2.26. The maximum absolute atomic E-state index is 14.2. The number of benzene rings is 3. The number of fused-ring (bicyclic) bond motifs is 1. The average molecular weight is 537 g/mol. The highest BCUT2D eigenvalue weighted by molar-refractivity contribution is 6.02. The van der Waals surface area contributed by atoms with Gasteiger partial charge in [-0.15, -0.1) is 0 Å². The summed E-state index contributed by atoms with van der Waals surface area (Å²) in [5.74, 6) is -0.0311. The summed E-state index contributed by atoms with van der Waals surface area (Å²) in [7, 11) is 4.18. The van der Waals surface area contributed by atoms with Crippen LogP contribution in [0.15, 0.2) is 84.9 Å². The molecule has 1 saturated heterocycles. The van der Waals surface area contributed by atoms with Crippen LogP contribution in [0.4, 0.5) is 0 Å². The Morgan fingerprint density at radius 2 is 1.55 bits per heavy atom. The van der Waals surface area contributed by atoms with E-state index in [9.17, 15) is 4.79 Å². The number of piperidine rings is 1. The van der Waals surface area contributed by atoms with Crippen molar-refractivity contribution in [1.82, 2.24) is 19.7 Å². The topological polar surface area (TPSA) is 40.5 Å². The van der Waals surface area contributed by atoms with Crippen molar-refractivity contribution < 1.29 is 4.79 Å². The highest BCUT2D eigenvalue weighted by Crippen LogP contribution is 2.40. The predicted molar refractivity (Wildman–Crippen MR) is 166 cm³/mol. The number of carbonyl (C=O) groups excluding carboxylic acids is 1. The Kier molecular flexibility index (Phi) is 9.35. The average Bonchev–Trinajstić information content (AvgIpc) is 3.30. The molecule has 3 aromatic carbocycles. The summed E-state index contributed by atoms with van der Waals surface area (Å²) in [6.07, 6.45) is 4.86. The lowest BCUT2D eigenvalue weighted by Gasteiger charge is -2.33. The molecule has 0 spiro atoms. The Morgan fingerprint density at radius 3 is 2.20 bits per heavy atom. The largest absolute Gasteiger partial charge is 0.351 e. The van der Waals surface area contributed by atoms with Crippen LogP contribution < -0.4 is 5.32 Å². The first-order chi connectivity index (χ1) is 19.5. The highest BCUT2D eigenvalue weighted by Gasteiger charge is 2.30. The fourth-order valence-corrected chi connectivity index (χ4v) is 6.27. The molecule has 0 radical (unpaired) electrons. The van der Waals surface area contributed by atoms with Gasteiger partial charge in [0, 0.05) is 54.6 Å². The third-order valence-corrected chi connectivity index (χ3v) is 8.40. The van der Waals surface area contributed by atoms with E-state index in [1.54, 1.807) is 0 Å².